The number of hydrogen-bond donors (Lipinski definition) is 2. The highest BCUT2D eigenvalue weighted by Crippen LogP contribution is 2.28. The van der Waals surface area contributed by atoms with Gasteiger partial charge in [-0.05, 0) is 37.3 Å². The number of aromatic amines is 1. The van der Waals surface area contributed by atoms with Gasteiger partial charge in [-0.1, -0.05) is 0 Å². The van der Waals surface area contributed by atoms with Crippen LogP contribution in [0.1, 0.15) is 27.8 Å². The fraction of sp³-hybridized carbons (Fsp3) is 0.263. The quantitative estimate of drug-likeness (QED) is 0.737. The number of carbonyl (C=O) groups is 1. The molecule has 134 valence electrons. The van der Waals surface area contributed by atoms with Gasteiger partial charge in [-0.25, -0.2) is 4.39 Å². The van der Waals surface area contributed by atoms with Gasteiger partial charge in [0, 0.05) is 36.2 Å². The lowest BCUT2D eigenvalue weighted by molar-refractivity contribution is 0.0787. The summed E-state index contributed by atoms with van der Waals surface area (Å²) < 4.78 is 19.1. The topological polar surface area (TPSA) is 92.3 Å². The van der Waals surface area contributed by atoms with Gasteiger partial charge in [0.25, 0.3) is 5.91 Å². The molecular weight excluding hydrogens is 337 g/mol. The van der Waals surface area contributed by atoms with Crippen molar-refractivity contribution in [3.63, 3.8) is 0 Å². The lowest BCUT2D eigenvalue weighted by Gasteiger charge is -2.15. The van der Waals surface area contributed by atoms with E-state index in [9.17, 15) is 14.0 Å². The molecule has 2 aromatic heterocycles. The van der Waals surface area contributed by atoms with Crippen molar-refractivity contribution in [1.29, 1.82) is 0 Å². The molecule has 3 heterocycles. The molecule has 0 radical (unpaired) electrons. The minimum absolute atomic E-state index is 0.0217. The minimum Gasteiger partial charge on any atom is -0.466 e. The van der Waals surface area contributed by atoms with Gasteiger partial charge in [-0.3, -0.25) is 9.59 Å². The van der Waals surface area contributed by atoms with Crippen LogP contribution in [0, 0.1) is 12.7 Å². The molecule has 0 spiro atoms. The standard InChI is InChI=1S/C19H18FN3O3/c1-10-2-5-17(26-10)14-8-23(9-15(14)21)19(25)13-7-22-16-4-3-11(20)6-12(16)18(13)24/h2-7,14-15H,8-9,21H2,1H3,(H,22,24)/t14-,15-/m1/s1. The Morgan fingerprint density at radius 3 is 2.85 bits per heavy atom. The number of carbonyl (C=O) groups excluding carboxylic acids is 1. The first-order valence-corrected chi connectivity index (χ1v) is 8.36. The summed E-state index contributed by atoms with van der Waals surface area (Å²) in [6.45, 7) is 2.54. The Morgan fingerprint density at radius 1 is 1.31 bits per heavy atom. The molecule has 0 aliphatic carbocycles. The van der Waals surface area contributed by atoms with Crippen molar-refractivity contribution in [2.45, 2.75) is 18.9 Å². The molecule has 0 bridgehead atoms. The van der Waals surface area contributed by atoms with Crippen molar-refractivity contribution in [2.75, 3.05) is 13.1 Å². The Labute approximate surface area is 148 Å². The summed E-state index contributed by atoms with van der Waals surface area (Å²) in [5.41, 5.74) is 6.15. The molecule has 6 nitrogen and oxygen atoms in total. The second-order valence-electron chi connectivity index (χ2n) is 6.65. The van der Waals surface area contributed by atoms with Gasteiger partial charge >= 0.3 is 0 Å². The van der Waals surface area contributed by atoms with Gasteiger partial charge in [0.2, 0.25) is 5.43 Å². The molecule has 0 unspecified atom stereocenters. The number of furan rings is 1. The smallest absolute Gasteiger partial charge is 0.259 e. The minimum atomic E-state index is -0.524. The summed E-state index contributed by atoms with van der Waals surface area (Å²) in [6.07, 6.45) is 1.38. The molecule has 2 atom stereocenters. The number of nitrogens with one attached hydrogen (secondary N) is 1. The predicted molar refractivity (Wildman–Crippen MR) is 94.6 cm³/mol. The summed E-state index contributed by atoms with van der Waals surface area (Å²) >= 11 is 0. The Bertz CT molecular complexity index is 1060. The average molecular weight is 355 g/mol. The number of nitrogens with two attached hydrogens (primary N) is 1. The van der Waals surface area contributed by atoms with Crippen LogP contribution in [0.3, 0.4) is 0 Å². The van der Waals surface area contributed by atoms with E-state index in [1.165, 1.54) is 18.3 Å². The number of amides is 1. The number of hydrogen-bond acceptors (Lipinski definition) is 4. The molecule has 1 amide bonds. The maximum Gasteiger partial charge on any atom is 0.259 e. The number of pyridine rings is 1. The highest BCUT2D eigenvalue weighted by molar-refractivity contribution is 5.97. The van der Waals surface area contributed by atoms with E-state index < -0.39 is 17.2 Å². The lowest BCUT2D eigenvalue weighted by Crippen LogP contribution is -2.34. The van der Waals surface area contributed by atoms with Crippen molar-refractivity contribution in [3.05, 3.63) is 69.7 Å². The maximum absolute atomic E-state index is 13.5. The van der Waals surface area contributed by atoms with E-state index in [1.807, 2.05) is 19.1 Å². The molecule has 1 aliphatic heterocycles. The first-order chi connectivity index (χ1) is 12.4. The van der Waals surface area contributed by atoms with Crippen molar-refractivity contribution >= 4 is 16.8 Å². The number of rotatable bonds is 2. The third-order valence-electron chi connectivity index (χ3n) is 4.85. The third-order valence-corrected chi connectivity index (χ3v) is 4.85. The zero-order chi connectivity index (χ0) is 18.4. The maximum atomic E-state index is 13.5. The Morgan fingerprint density at radius 2 is 2.12 bits per heavy atom. The number of aromatic nitrogens is 1. The van der Waals surface area contributed by atoms with Gasteiger partial charge in [-0.15, -0.1) is 0 Å². The number of halogens is 1. The molecule has 7 heteroatoms. The second kappa shape index (κ2) is 6.10. The van der Waals surface area contributed by atoms with Crippen molar-refractivity contribution in [3.8, 4) is 0 Å². The van der Waals surface area contributed by atoms with E-state index in [0.29, 0.717) is 18.6 Å². The molecule has 3 N–H and O–H groups in total. The predicted octanol–water partition coefficient (Wildman–Crippen LogP) is 2.14. The van der Waals surface area contributed by atoms with E-state index in [4.69, 9.17) is 10.2 Å². The Balaban J connectivity index is 1.65. The van der Waals surface area contributed by atoms with Crippen LogP contribution in [-0.2, 0) is 0 Å². The number of nitrogens with zero attached hydrogens (tertiary/aromatic N) is 1. The van der Waals surface area contributed by atoms with Gasteiger partial charge in [0.05, 0.1) is 5.92 Å². The zero-order valence-electron chi connectivity index (χ0n) is 14.2. The second-order valence-corrected chi connectivity index (χ2v) is 6.65. The molecule has 1 aliphatic rings. The SMILES string of the molecule is Cc1ccc([C@@H]2CN(C(=O)c3c[nH]c4ccc(F)cc4c3=O)C[C@H]2N)o1. The van der Waals surface area contributed by atoms with Crippen molar-refractivity contribution in [1.82, 2.24) is 9.88 Å². The molecule has 1 aromatic carbocycles. The van der Waals surface area contributed by atoms with Crippen LogP contribution in [0.25, 0.3) is 10.9 Å². The van der Waals surface area contributed by atoms with Gasteiger partial charge in [-0.2, -0.15) is 0 Å². The number of fused-ring (bicyclic) bond motifs is 1. The van der Waals surface area contributed by atoms with Crippen LogP contribution < -0.4 is 11.2 Å². The number of likely N-dealkylation sites (tertiary alicyclic amines) is 1. The summed E-state index contributed by atoms with van der Waals surface area (Å²) in [4.78, 5) is 29.9. The van der Waals surface area contributed by atoms with E-state index in [-0.39, 0.29) is 22.9 Å². The van der Waals surface area contributed by atoms with Gasteiger partial charge in [0.1, 0.15) is 22.9 Å². The number of H-pyrrole nitrogens is 1. The first kappa shape index (κ1) is 16.5. The monoisotopic (exact) mass is 355 g/mol. The van der Waals surface area contributed by atoms with E-state index >= 15 is 0 Å². The van der Waals surface area contributed by atoms with Crippen LogP contribution >= 0.6 is 0 Å². The van der Waals surface area contributed by atoms with E-state index in [2.05, 4.69) is 4.98 Å². The van der Waals surface area contributed by atoms with Crippen LogP contribution in [0.5, 0.6) is 0 Å². The first-order valence-electron chi connectivity index (χ1n) is 8.36. The highest BCUT2D eigenvalue weighted by Gasteiger charge is 2.36. The normalized spacial score (nSPS) is 20.0. The molecule has 26 heavy (non-hydrogen) atoms. The third kappa shape index (κ3) is 2.70. The van der Waals surface area contributed by atoms with Gasteiger partial charge in [0.15, 0.2) is 0 Å². The number of aryl methyl sites for hydroxylation is 1. The fourth-order valence-corrected chi connectivity index (χ4v) is 3.47. The van der Waals surface area contributed by atoms with Crippen LogP contribution in [-0.4, -0.2) is 34.9 Å². The molecule has 1 fully saturated rings. The largest absolute Gasteiger partial charge is 0.466 e. The zero-order valence-corrected chi connectivity index (χ0v) is 14.2. The van der Waals surface area contributed by atoms with Crippen LogP contribution in [0.15, 0.2) is 45.7 Å². The Hall–Kier alpha value is -2.93. The molecule has 4 rings (SSSR count). The summed E-state index contributed by atoms with van der Waals surface area (Å²) in [5, 5.41) is 0.151. The summed E-state index contributed by atoms with van der Waals surface area (Å²) in [5.74, 6) is 0.456. The van der Waals surface area contributed by atoms with E-state index in [0.717, 1.165) is 17.6 Å². The molecular formula is C19H18FN3O3. The number of benzene rings is 1. The van der Waals surface area contributed by atoms with E-state index in [1.54, 1.807) is 4.90 Å². The van der Waals surface area contributed by atoms with Crippen LogP contribution in [0.4, 0.5) is 4.39 Å². The molecule has 3 aromatic rings. The lowest BCUT2D eigenvalue weighted by atomic mass is 10.0. The summed E-state index contributed by atoms with van der Waals surface area (Å²) in [7, 11) is 0. The van der Waals surface area contributed by atoms with Gasteiger partial charge < -0.3 is 20.0 Å². The Kier molecular flexibility index (Phi) is 3.88. The average Bonchev–Trinajstić information content (AvgIpc) is 3.21. The molecule has 0 saturated carbocycles. The molecule has 1 saturated heterocycles. The summed E-state index contributed by atoms with van der Waals surface area (Å²) in [6, 6.07) is 7.31. The van der Waals surface area contributed by atoms with Crippen molar-refractivity contribution in [2.24, 2.45) is 5.73 Å². The van der Waals surface area contributed by atoms with Crippen LogP contribution in [0.2, 0.25) is 0 Å². The van der Waals surface area contributed by atoms with Crippen molar-refractivity contribution < 1.29 is 13.6 Å². The highest BCUT2D eigenvalue weighted by atomic mass is 19.1. The fourth-order valence-electron chi connectivity index (χ4n) is 3.47.